The van der Waals surface area contributed by atoms with E-state index in [1.807, 2.05) is 12.1 Å². The molecule has 0 fully saturated rings. The molecule has 0 aliphatic rings. The van der Waals surface area contributed by atoms with Gasteiger partial charge in [0.15, 0.2) is 0 Å². The third-order valence-corrected chi connectivity index (χ3v) is 4.84. The van der Waals surface area contributed by atoms with Crippen LogP contribution >= 0.6 is 0 Å². The molecular formula is C26H29. The maximum absolute atomic E-state index is 3.40. The van der Waals surface area contributed by atoms with Crippen molar-refractivity contribution >= 4 is 0 Å². The standard InChI is InChI=1S/C26H29/c1-25(2,3)23-18-12-17-22(24(23)26(4,5)6)21-16-11-10-15-20(21)19-13-8-7-9-14-19/h7-13,15-18H,1-6H3. The topological polar surface area (TPSA) is 0 Å². The van der Waals surface area contributed by atoms with Crippen LogP contribution in [0.25, 0.3) is 22.3 Å². The Kier molecular flexibility index (Phi) is 4.80. The van der Waals surface area contributed by atoms with Crippen molar-refractivity contribution < 1.29 is 0 Å². The lowest BCUT2D eigenvalue weighted by Crippen LogP contribution is -2.23. The van der Waals surface area contributed by atoms with Crippen molar-refractivity contribution in [1.82, 2.24) is 0 Å². The first-order valence-electron chi connectivity index (χ1n) is 9.40. The molecule has 26 heavy (non-hydrogen) atoms. The van der Waals surface area contributed by atoms with Gasteiger partial charge in [-0.3, -0.25) is 0 Å². The summed E-state index contributed by atoms with van der Waals surface area (Å²) in [7, 11) is 0. The highest BCUT2D eigenvalue weighted by molar-refractivity contribution is 5.85. The quantitative estimate of drug-likeness (QED) is 0.455. The largest absolute Gasteiger partial charge is 0.0616 e. The molecule has 0 aliphatic heterocycles. The number of rotatable bonds is 2. The van der Waals surface area contributed by atoms with Crippen LogP contribution in [0.15, 0.2) is 66.7 Å². The molecule has 0 nitrogen and oxygen atoms in total. The molecule has 0 spiro atoms. The molecule has 0 unspecified atom stereocenters. The Balaban J connectivity index is 2.34. The van der Waals surface area contributed by atoms with E-state index in [0.29, 0.717) is 0 Å². The van der Waals surface area contributed by atoms with E-state index in [-0.39, 0.29) is 10.8 Å². The molecule has 0 heteroatoms. The normalized spacial score (nSPS) is 12.2. The van der Waals surface area contributed by atoms with E-state index in [1.165, 1.54) is 27.8 Å². The van der Waals surface area contributed by atoms with Crippen LogP contribution in [0, 0.1) is 6.07 Å². The van der Waals surface area contributed by atoms with Crippen LogP contribution in [0.5, 0.6) is 0 Å². The molecular weight excluding hydrogens is 312 g/mol. The predicted octanol–water partition coefficient (Wildman–Crippen LogP) is 7.42. The summed E-state index contributed by atoms with van der Waals surface area (Å²) in [4.78, 5) is 0. The summed E-state index contributed by atoms with van der Waals surface area (Å²) >= 11 is 0. The third kappa shape index (κ3) is 3.60. The lowest BCUT2D eigenvalue weighted by Gasteiger charge is -2.33. The van der Waals surface area contributed by atoms with Crippen LogP contribution < -0.4 is 0 Å². The van der Waals surface area contributed by atoms with Crippen molar-refractivity contribution in [3.63, 3.8) is 0 Å². The minimum absolute atomic E-state index is 0.0622. The van der Waals surface area contributed by atoms with Crippen LogP contribution in [0.4, 0.5) is 0 Å². The van der Waals surface area contributed by atoms with Gasteiger partial charge in [-0.05, 0) is 50.3 Å². The monoisotopic (exact) mass is 341 g/mol. The molecule has 0 aromatic heterocycles. The van der Waals surface area contributed by atoms with Gasteiger partial charge in [-0.15, -0.1) is 0 Å². The number of hydrogen-bond acceptors (Lipinski definition) is 0. The van der Waals surface area contributed by atoms with Gasteiger partial charge < -0.3 is 0 Å². The van der Waals surface area contributed by atoms with Crippen molar-refractivity contribution in [1.29, 1.82) is 0 Å². The first kappa shape index (κ1) is 18.5. The predicted molar refractivity (Wildman–Crippen MR) is 114 cm³/mol. The lowest BCUT2D eigenvalue weighted by molar-refractivity contribution is 0.531. The van der Waals surface area contributed by atoms with E-state index < -0.39 is 0 Å². The van der Waals surface area contributed by atoms with Crippen LogP contribution in [0.2, 0.25) is 0 Å². The maximum atomic E-state index is 3.40. The van der Waals surface area contributed by atoms with E-state index in [1.54, 1.807) is 0 Å². The average molecular weight is 342 g/mol. The van der Waals surface area contributed by atoms with Gasteiger partial charge >= 0.3 is 0 Å². The summed E-state index contributed by atoms with van der Waals surface area (Å²) < 4.78 is 0. The fraction of sp³-hybridized carbons (Fsp3) is 0.308. The molecule has 0 amide bonds. The summed E-state index contributed by atoms with van der Waals surface area (Å²) in [5, 5.41) is 0. The van der Waals surface area contributed by atoms with E-state index >= 15 is 0 Å². The van der Waals surface area contributed by atoms with Gasteiger partial charge in [0, 0.05) is 0 Å². The highest BCUT2D eigenvalue weighted by Gasteiger charge is 2.28. The minimum atomic E-state index is 0.0622. The molecule has 0 aliphatic carbocycles. The molecule has 0 saturated heterocycles. The minimum Gasteiger partial charge on any atom is -0.0616 e. The van der Waals surface area contributed by atoms with E-state index in [4.69, 9.17) is 0 Å². The van der Waals surface area contributed by atoms with Gasteiger partial charge in [-0.1, -0.05) is 108 Å². The number of hydrogen-bond donors (Lipinski definition) is 0. The molecule has 133 valence electrons. The van der Waals surface area contributed by atoms with Crippen LogP contribution in [0.3, 0.4) is 0 Å². The summed E-state index contributed by atoms with van der Waals surface area (Å²) in [5.74, 6) is 0. The van der Waals surface area contributed by atoms with Crippen molar-refractivity contribution in [2.75, 3.05) is 0 Å². The van der Waals surface area contributed by atoms with Crippen LogP contribution in [0.1, 0.15) is 52.7 Å². The fourth-order valence-corrected chi connectivity index (χ4v) is 3.72. The molecule has 0 N–H and O–H groups in total. The molecule has 0 bridgehead atoms. The number of benzene rings is 3. The first-order chi connectivity index (χ1) is 12.2. The summed E-state index contributed by atoms with van der Waals surface area (Å²) in [6, 6.07) is 27.1. The Labute approximate surface area is 158 Å². The summed E-state index contributed by atoms with van der Waals surface area (Å²) in [5.41, 5.74) is 8.03. The van der Waals surface area contributed by atoms with E-state index in [0.717, 1.165) is 5.56 Å². The fourth-order valence-electron chi connectivity index (χ4n) is 3.72. The molecule has 0 saturated carbocycles. The zero-order valence-electron chi connectivity index (χ0n) is 16.9. The van der Waals surface area contributed by atoms with Crippen molar-refractivity contribution in [2.24, 2.45) is 0 Å². The van der Waals surface area contributed by atoms with Gasteiger partial charge in [0.2, 0.25) is 0 Å². The lowest BCUT2D eigenvalue weighted by atomic mass is 9.72. The maximum Gasteiger partial charge on any atom is -0.00990 e. The molecule has 3 rings (SSSR count). The van der Waals surface area contributed by atoms with E-state index in [2.05, 4.69) is 102 Å². The second-order valence-corrected chi connectivity index (χ2v) is 9.05. The Morgan fingerprint density at radius 3 is 1.77 bits per heavy atom. The third-order valence-electron chi connectivity index (χ3n) is 4.84. The van der Waals surface area contributed by atoms with Gasteiger partial charge in [0.25, 0.3) is 0 Å². The van der Waals surface area contributed by atoms with Gasteiger partial charge in [0.05, 0.1) is 0 Å². The highest BCUT2D eigenvalue weighted by Crippen LogP contribution is 2.42. The Hall–Kier alpha value is -2.34. The van der Waals surface area contributed by atoms with Crippen LogP contribution in [-0.4, -0.2) is 0 Å². The Morgan fingerprint density at radius 2 is 1.19 bits per heavy atom. The second kappa shape index (κ2) is 6.76. The van der Waals surface area contributed by atoms with Gasteiger partial charge in [-0.2, -0.15) is 0 Å². The molecule has 3 aromatic carbocycles. The van der Waals surface area contributed by atoms with Crippen molar-refractivity contribution in [2.45, 2.75) is 52.4 Å². The van der Waals surface area contributed by atoms with Crippen LogP contribution in [-0.2, 0) is 10.8 Å². The van der Waals surface area contributed by atoms with Crippen molar-refractivity contribution in [3.8, 4) is 22.3 Å². The Morgan fingerprint density at radius 1 is 0.577 bits per heavy atom. The molecule has 0 atom stereocenters. The second-order valence-electron chi connectivity index (χ2n) is 9.05. The molecule has 3 aromatic rings. The molecule has 1 radical (unpaired) electrons. The average Bonchev–Trinajstić information content (AvgIpc) is 2.60. The highest BCUT2D eigenvalue weighted by atomic mass is 14.3. The Bertz CT molecular complexity index is 887. The zero-order valence-corrected chi connectivity index (χ0v) is 16.9. The summed E-state index contributed by atoms with van der Waals surface area (Å²) in [6.07, 6.45) is 0. The zero-order chi connectivity index (χ0) is 18.9. The first-order valence-corrected chi connectivity index (χ1v) is 9.40. The SMILES string of the molecule is CC(C)(C)c1cccc(-c2ccccc2-c2[c]cccc2)c1C(C)(C)C. The van der Waals surface area contributed by atoms with Crippen molar-refractivity contribution in [3.05, 3.63) is 83.9 Å². The van der Waals surface area contributed by atoms with E-state index in [9.17, 15) is 0 Å². The smallest absolute Gasteiger partial charge is 0.00990 e. The molecule has 0 heterocycles. The van der Waals surface area contributed by atoms with Gasteiger partial charge in [-0.25, -0.2) is 0 Å². The summed E-state index contributed by atoms with van der Waals surface area (Å²) in [6.45, 7) is 13.9. The van der Waals surface area contributed by atoms with Gasteiger partial charge in [0.1, 0.15) is 0 Å².